The van der Waals surface area contributed by atoms with E-state index < -0.39 is 0 Å². The summed E-state index contributed by atoms with van der Waals surface area (Å²) >= 11 is 0. The van der Waals surface area contributed by atoms with E-state index in [0.717, 1.165) is 17.8 Å². The fourth-order valence-electron chi connectivity index (χ4n) is 2.92. The Kier molecular flexibility index (Phi) is 3.69. The summed E-state index contributed by atoms with van der Waals surface area (Å²) in [7, 11) is 2.21. The molecular formula is C15H21N5. The van der Waals surface area contributed by atoms with Gasteiger partial charge in [-0.05, 0) is 38.6 Å². The Balaban J connectivity index is 1.83. The molecule has 0 amide bonds. The first-order chi connectivity index (χ1) is 9.74. The standard InChI is InChI=1S/C15H21N5/c1-19-7-3-2-4-13(19)10-20-11-17-9-14(20)12-5-6-18-15(16)8-12/h5-6,8-9,11,13H,2-4,7,10H2,1H3,(H2,16,18). The zero-order valence-corrected chi connectivity index (χ0v) is 11.9. The molecule has 5 nitrogen and oxygen atoms in total. The van der Waals surface area contributed by atoms with E-state index in [-0.39, 0.29) is 0 Å². The predicted molar refractivity (Wildman–Crippen MR) is 80.1 cm³/mol. The number of aromatic nitrogens is 3. The lowest BCUT2D eigenvalue weighted by molar-refractivity contribution is 0.168. The molecule has 20 heavy (non-hydrogen) atoms. The van der Waals surface area contributed by atoms with Crippen LogP contribution in [-0.2, 0) is 6.54 Å². The Hall–Kier alpha value is -1.88. The molecule has 106 valence electrons. The number of nitrogens with two attached hydrogens (primary N) is 1. The monoisotopic (exact) mass is 271 g/mol. The van der Waals surface area contributed by atoms with Gasteiger partial charge in [0.05, 0.1) is 18.2 Å². The number of likely N-dealkylation sites (tertiary alicyclic amines) is 1. The van der Waals surface area contributed by atoms with Gasteiger partial charge in [-0.15, -0.1) is 0 Å². The number of nitrogens with zero attached hydrogens (tertiary/aromatic N) is 4. The average molecular weight is 271 g/mol. The summed E-state index contributed by atoms with van der Waals surface area (Å²) in [6.45, 7) is 2.17. The molecule has 2 aromatic rings. The van der Waals surface area contributed by atoms with E-state index in [1.165, 1.54) is 25.8 Å². The van der Waals surface area contributed by atoms with Crippen LogP contribution in [0, 0.1) is 0 Å². The van der Waals surface area contributed by atoms with Crippen molar-refractivity contribution in [1.82, 2.24) is 19.4 Å². The summed E-state index contributed by atoms with van der Waals surface area (Å²) < 4.78 is 2.22. The van der Waals surface area contributed by atoms with Gasteiger partial charge in [0.15, 0.2) is 0 Å². The van der Waals surface area contributed by atoms with Crippen LogP contribution in [0.3, 0.4) is 0 Å². The quantitative estimate of drug-likeness (QED) is 0.927. The van der Waals surface area contributed by atoms with Gasteiger partial charge < -0.3 is 15.2 Å². The minimum absolute atomic E-state index is 0.546. The minimum atomic E-state index is 0.546. The zero-order chi connectivity index (χ0) is 13.9. The highest BCUT2D eigenvalue weighted by Gasteiger charge is 2.20. The third kappa shape index (κ3) is 2.67. The maximum Gasteiger partial charge on any atom is 0.123 e. The molecule has 0 aliphatic carbocycles. The van der Waals surface area contributed by atoms with Gasteiger partial charge in [0.25, 0.3) is 0 Å². The topological polar surface area (TPSA) is 60.0 Å². The molecule has 3 heterocycles. The van der Waals surface area contributed by atoms with Crippen molar-refractivity contribution < 1.29 is 0 Å². The largest absolute Gasteiger partial charge is 0.384 e. The fraction of sp³-hybridized carbons (Fsp3) is 0.467. The van der Waals surface area contributed by atoms with Crippen LogP contribution in [0.1, 0.15) is 19.3 Å². The van der Waals surface area contributed by atoms with E-state index in [2.05, 4.69) is 26.5 Å². The van der Waals surface area contributed by atoms with Gasteiger partial charge in [-0.2, -0.15) is 0 Å². The van der Waals surface area contributed by atoms with Crippen LogP contribution in [0.25, 0.3) is 11.3 Å². The van der Waals surface area contributed by atoms with Crippen LogP contribution in [-0.4, -0.2) is 39.1 Å². The van der Waals surface area contributed by atoms with Gasteiger partial charge in [0.1, 0.15) is 5.82 Å². The lowest BCUT2D eigenvalue weighted by Crippen LogP contribution is -2.39. The van der Waals surface area contributed by atoms with Crippen molar-refractivity contribution in [3.8, 4) is 11.3 Å². The Morgan fingerprint density at radius 3 is 3.10 bits per heavy atom. The van der Waals surface area contributed by atoms with E-state index in [1.54, 1.807) is 6.20 Å². The number of piperidine rings is 1. The lowest BCUT2D eigenvalue weighted by atomic mass is 10.0. The molecule has 0 aromatic carbocycles. The third-order valence-electron chi connectivity index (χ3n) is 4.12. The Morgan fingerprint density at radius 1 is 1.40 bits per heavy atom. The molecule has 0 saturated carbocycles. The van der Waals surface area contributed by atoms with Crippen molar-refractivity contribution >= 4 is 5.82 Å². The summed E-state index contributed by atoms with van der Waals surface area (Å²) in [5.41, 5.74) is 7.96. The number of pyridine rings is 1. The molecule has 3 rings (SSSR count). The fourth-order valence-corrected chi connectivity index (χ4v) is 2.92. The number of hydrogen-bond acceptors (Lipinski definition) is 4. The van der Waals surface area contributed by atoms with Crippen LogP contribution in [0.5, 0.6) is 0 Å². The third-order valence-corrected chi connectivity index (χ3v) is 4.12. The number of likely N-dealkylation sites (N-methyl/N-ethyl adjacent to an activating group) is 1. The summed E-state index contributed by atoms with van der Waals surface area (Å²) in [6.07, 6.45) is 9.44. The van der Waals surface area contributed by atoms with Gasteiger partial charge in [-0.1, -0.05) is 6.42 Å². The predicted octanol–water partition coefficient (Wildman–Crippen LogP) is 2.01. The van der Waals surface area contributed by atoms with E-state index in [0.29, 0.717) is 11.9 Å². The van der Waals surface area contributed by atoms with Gasteiger partial charge in [0.2, 0.25) is 0 Å². The second-order valence-corrected chi connectivity index (χ2v) is 5.53. The molecular weight excluding hydrogens is 250 g/mol. The van der Waals surface area contributed by atoms with Crippen LogP contribution in [0.4, 0.5) is 5.82 Å². The van der Waals surface area contributed by atoms with Crippen LogP contribution in [0.15, 0.2) is 30.9 Å². The van der Waals surface area contributed by atoms with Gasteiger partial charge in [-0.25, -0.2) is 9.97 Å². The highest BCUT2D eigenvalue weighted by atomic mass is 15.2. The van der Waals surface area contributed by atoms with Gasteiger partial charge >= 0.3 is 0 Å². The normalized spacial score (nSPS) is 20.1. The van der Waals surface area contributed by atoms with Crippen molar-refractivity contribution in [3.63, 3.8) is 0 Å². The molecule has 2 aromatic heterocycles. The van der Waals surface area contributed by atoms with Crippen molar-refractivity contribution in [2.45, 2.75) is 31.8 Å². The molecule has 1 unspecified atom stereocenters. The summed E-state index contributed by atoms with van der Waals surface area (Å²) in [4.78, 5) is 10.8. The second-order valence-electron chi connectivity index (χ2n) is 5.53. The first kappa shape index (κ1) is 13.1. The Labute approximate surface area is 119 Å². The van der Waals surface area contributed by atoms with Crippen molar-refractivity contribution in [1.29, 1.82) is 0 Å². The van der Waals surface area contributed by atoms with Crippen molar-refractivity contribution in [3.05, 3.63) is 30.9 Å². The SMILES string of the molecule is CN1CCCCC1Cn1cncc1-c1ccnc(N)c1. The van der Waals surface area contributed by atoms with Gasteiger partial charge in [-0.3, -0.25) is 0 Å². The van der Waals surface area contributed by atoms with Gasteiger partial charge in [0, 0.05) is 24.3 Å². The Morgan fingerprint density at radius 2 is 2.30 bits per heavy atom. The van der Waals surface area contributed by atoms with E-state index in [9.17, 15) is 0 Å². The number of rotatable bonds is 3. The highest BCUT2D eigenvalue weighted by molar-refractivity contribution is 5.61. The second kappa shape index (κ2) is 5.63. The molecule has 1 saturated heterocycles. The van der Waals surface area contributed by atoms with Crippen LogP contribution < -0.4 is 5.73 Å². The maximum absolute atomic E-state index is 5.77. The highest BCUT2D eigenvalue weighted by Crippen LogP contribution is 2.23. The first-order valence-electron chi connectivity index (χ1n) is 7.16. The summed E-state index contributed by atoms with van der Waals surface area (Å²) in [5.74, 6) is 0.546. The number of hydrogen-bond donors (Lipinski definition) is 1. The van der Waals surface area contributed by atoms with E-state index >= 15 is 0 Å². The Bertz CT molecular complexity index is 577. The molecule has 1 fully saturated rings. The van der Waals surface area contributed by atoms with Crippen molar-refractivity contribution in [2.75, 3.05) is 19.3 Å². The summed E-state index contributed by atoms with van der Waals surface area (Å²) in [5, 5.41) is 0. The smallest absolute Gasteiger partial charge is 0.123 e. The maximum atomic E-state index is 5.77. The zero-order valence-electron chi connectivity index (χ0n) is 11.9. The number of nitrogen functional groups attached to an aromatic ring is 1. The molecule has 0 bridgehead atoms. The van der Waals surface area contributed by atoms with Crippen LogP contribution >= 0.6 is 0 Å². The molecule has 5 heteroatoms. The molecule has 0 radical (unpaired) electrons. The molecule has 1 atom stereocenters. The molecule has 1 aliphatic rings. The van der Waals surface area contributed by atoms with Crippen molar-refractivity contribution in [2.24, 2.45) is 0 Å². The average Bonchev–Trinajstić information content (AvgIpc) is 2.90. The van der Waals surface area contributed by atoms with Crippen LogP contribution in [0.2, 0.25) is 0 Å². The lowest BCUT2D eigenvalue weighted by Gasteiger charge is -2.33. The first-order valence-corrected chi connectivity index (χ1v) is 7.16. The molecule has 2 N–H and O–H groups in total. The molecule has 1 aliphatic heterocycles. The minimum Gasteiger partial charge on any atom is -0.384 e. The number of anilines is 1. The van der Waals surface area contributed by atoms with E-state index in [1.807, 2.05) is 24.7 Å². The summed E-state index contributed by atoms with van der Waals surface area (Å²) in [6, 6.07) is 4.47. The molecule has 0 spiro atoms. The number of imidazole rings is 1. The van der Waals surface area contributed by atoms with E-state index in [4.69, 9.17) is 5.73 Å².